The number of ether oxygens (including phenoxy) is 1. The number of thiophene rings is 1. The number of hydrogen-bond donors (Lipinski definition) is 1. The standard InChI is InChI=1S/C7H6O4S.C2H6/c1-4(8)11-7-5(6(9)10)2-3-12-7;1-2/h2-3H,1H3,(H,9,10);1-2H3. The summed E-state index contributed by atoms with van der Waals surface area (Å²) in [6.07, 6.45) is 0. The fourth-order valence-electron chi connectivity index (χ4n) is 0.664. The molecule has 0 bridgehead atoms. The highest BCUT2D eigenvalue weighted by molar-refractivity contribution is 7.12. The molecule has 0 atom stereocenters. The molecule has 0 aliphatic carbocycles. The number of hydrogen-bond acceptors (Lipinski definition) is 4. The van der Waals surface area contributed by atoms with Gasteiger partial charge in [-0.3, -0.25) is 4.79 Å². The van der Waals surface area contributed by atoms with Gasteiger partial charge < -0.3 is 9.84 Å². The fraction of sp³-hybridized carbons (Fsp3) is 0.333. The van der Waals surface area contributed by atoms with Gasteiger partial charge in [0.15, 0.2) is 5.06 Å². The number of carbonyl (C=O) groups excluding carboxylic acids is 1. The first-order chi connectivity index (χ1) is 6.61. The molecule has 0 spiro atoms. The zero-order valence-corrected chi connectivity index (χ0v) is 9.05. The lowest BCUT2D eigenvalue weighted by atomic mass is 10.3. The molecule has 1 heterocycles. The third-order valence-electron chi connectivity index (χ3n) is 1.10. The molecule has 0 aliphatic heterocycles. The van der Waals surface area contributed by atoms with E-state index in [0.29, 0.717) is 0 Å². The first kappa shape index (κ1) is 12.6. The van der Waals surface area contributed by atoms with Gasteiger partial charge in [0.05, 0.1) is 0 Å². The lowest BCUT2D eigenvalue weighted by molar-refractivity contribution is -0.131. The second-order valence-corrected chi connectivity index (χ2v) is 2.90. The second kappa shape index (κ2) is 6.15. The van der Waals surface area contributed by atoms with Gasteiger partial charge in [-0.1, -0.05) is 13.8 Å². The molecule has 4 nitrogen and oxygen atoms in total. The number of esters is 1. The van der Waals surface area contributed by atoms with Crippen molar-refractivity contribution in [1.29, 1.82) is 0 Å². The van der Waals surface area contributed by atoms with Crippen LogP contribution in [0.2, 0.25) is 0 Å². The largest absolute Gasteiger partial charge is 0.478 e. The van der Waals surface area contributed by atoms with E-state index in [2.05, 4.69) is 4.74 Å². The van der Waals surface area contributed by atoms with Crippen molar-refractivity contribution in [3.05, 3.63) is 17.0 Å². The highest BCUT2D eigenvalue weighted by Crippen LogP contribution is 2.25. The van der Waals surface area contributed by atoms with Crippen LogP contribution >= 0.6 is 11.3 Å². The van der Waals surface area contributed by atoms with Crippen molar-refractivity contribution in [1.82, 2.24) is 0 Å². The summed E-state index contributed by atoms with van der Waals surface area (Å²) in [5, 5.41) is 10.3. The molecule has 1 rings (SSSR count). The molecule has 0 aromatic carbocycles. The smallest absolute Gasteiger partial charge is 0.340 e. The summed E-state index contributed by atoms with van der Waals surface area (Å²) in [6.45, 7) is 5.23. The van der Waals surface area contributed by atoms with Crippen LogP contribution in [0.1, 0.15) is 31.1 Å². The molecule has 0 radical (unpaired) electrons. The summed E-state index contributed by atoms with van der Waals surface area (Å²) in [5.74, 6) is -1.60. The molecule has 1 aromatic heterocycles. The average Bonchev–Trinajstić information content (AvgIpc) is 2.55. The second-order valence-electron chi connectivity index (χ2n) is 2.02. The van der Waals surface area contributed by atoms with Crippen molar-refractivity contribution in [2.75, 3.05) is 0 Å². The van der Waals surface area contributed by atoms with E-state index in [1.54, 1.807) is 5.38 Å². The predicted molar refractivity (Wildman–Crippen MR) is 53.9 cm³/mol. The molecule has 0 amide bonds. The van der Waals surface area contributed by atoms with E-state index in [9.17, 15) is 9.59 Å². The highest BCUT2D eigenvalue weighted by atomic mass is 32.1. The van der Waals surface area contributed by atoms with Crippen LogP contribution in [0, 0.1) is 0 Å². The van der Waals surface area contributed by atoms with Crippen LogP contribution in [0.25, 0.3) is 0 Å². The SMILES string of the molecule is CC.CC(=O)Oc1sccc1C(=O)O. The molecule has 0 saturated heterocycles. The van der Waals surface area contributed by atoms with Crippen LogP contribution in [-0.4, -0.2) is 17.0 Å². The maximum Gasteiger partial charge on any atom is 0.340 e. The summed E-state index contributed by atoms with van der Waals surface area (Å²) in [4.78, 5) is 21.0. The van der Waals surface area contributed by atoms with E-state index in [1.807, 2.05) is 13.8 Å². The van der Waals surface area contributed by atoms with Crippen molar-refractivity contribution in [2.24, 2.45) is 0 Å². The monoisotopic (exact) mass is 216 g/mol. The molecule has 1 N–H and O–H groups in total. The molecule has 0 aliphatic rings. The number of rotatable bonds is 2. The van der Waals surface area contributed by atoms with Crippen molar-refractivity contribution >= 4 is 23.3 Å². The Hall–Kier alpha value is -1.36. The Bertz CT molecular complexity index is 316. The van der Waals surface area contributed by atoms with Crippen LogP contribution in [0.5, 0.6) is 5.06 Å². The highest BCUT2D eigenvalue weighted by Gasteiger charge is 2.13. The summed E-state index contributed by atoms with van der Waals surface area (Å²) in [5.41, 5.74) is 0.0233. The van der Waals surface area contributed by atoms with Gasteiger partial charge in [0.2, 0.25) is 0 Å². The van der Waals surface area contributed by atoms with E-state index in [1.165, 1.54) is 13.0 Å². The molecule has 14 heavy (non-hydrogen) atoms. The Kier molecular flexibility index (Phi) is 5.55. The molecule has 0 unspecified atom stereocenters. The van der Waals surface area contributed by atoms with Crippen LogP contribution < -0.4 is 4.74 Å². The maximum atomic E-state index is 10.5. The van der Waals surface area contributed by atoms with Crippen LogP contribution in [0.3, 0.4) is 0 Å². The average molecular weight is 216 g/mol. The number of carboxylic acid groups (broad SMARTS) is 1. The molecule has 0 fully saturated rings. The zero-order chi connectivity index (χ0) is 11.1. The van der Waals surface area contributed by atoms with Crippen molar-refractivity contribution in [3.8, 4) is 5.06 Å². The molecule has 5 heteroatoms. The molecular weight excluding hydrogens is 204 g/mol. The van der Waals surface area contributed by atoms with Crippen molar-refractivity contribution in [2.45, 2.75) is 20.8 Å². The predicted octanol–water partition coefficient (Wildman–Crippen LogP) is 2.40. The van der Waals surface area contributed by atoms with Gasteiger partial charge in [-0.05, 0) is 11.4 Å². The number of aromatic carboxylic acids is 1. The van der Waals surface area contributed by atoms with E-state index in [-0.39, 0.29) is 10.6 Å². The minimum absolute atomic E-state index is 0.0233. The minimum Gasteiger partial charge on any atom is -0.478 e. The van der Waals surface area contributed by atoms with Gasteiger partial charge in [-0.25, -0.2) is 4.79 Å². The van der Waals surface area contributed by atoms with E-state index in [0.717, 1.165) is 11.3 Å². The fourth-order valence-corrected chi connectivity index (χ4v) is 1.44. The normalized spacial score (nSPS) is 8.50. The number of carbonyl (C=O) groups is 2. The van der Waals surface area contributed by atoms with E-state index < -0.39 is 11.9 Å². The van der Waals surface area contributed by atoms with Crippen molar-refractivity contribution < 1.29 is 19.4 Å². The summed E-state index contributed by atoms with van der Waals surface area (Å²) >= 11 is 1.08. The Balaban J connectivity index is 0.000000791. The Morgan fingerprint density at radius 2 is 2.00 bits per heavy atom. The Labute approximate surface area is 86.1 Å². The third-order valence-corrected chi connectivity index (χ3v) is 1.89. The Morgan fingerprint density at radius 3 is 2.43 bits per heavy atom. The number of carboxylic acids is 1. The maximum absolute atomic E-state index is 10.5. The Morgan fingerprint density at radius 1 is 1.43 bits per heavy atom. The van der Waals surface area contributed by atoms with Gasteiger partial charge >= 0.3 is 11.9 Å². The van der Waals surface area contributed by atoms with Crippen LogP contribution in [0.4, 0.5) is 0 Å². The zero-order valence-electron chi connectivity index (χ0n) is 8.23. The quantitative estimate of drug-likeness (QED) is 0.771. The molecule has 78 valence electrons. The summed E-state index contributed by atoms with van der Waals surface area (Å²) in [6, 6.07) is 1.39. The first-order valence-corrected chi connectivity index (χ1v) is 4.98. The topological polar surface area (TPSA) is 63.6 Å². The summed E-state index contributed by atoms with van der Waals surface area (Å²) in [7, 11) is 0. The molecular formula is C9H12O4S. The van der Waals surface area contributed by atoms with Gasteiger partial charge in [0, 0.05) is 6.92 Å². The third kappa shape index (κ3) is 3.57. The van der Waals surface area contributed by atoms with Gasteiger partial charge in [0.25, 0.3) is 0 Å². The molecule has 1 aromatic rings. The van der Waals surface area contributed by atoms with Crippen molar-refractivity contribution in [3.63, 3.8) is 0 Å². The first-order valence-electron chi connectivity index (χ1n) is 4.10. The molecule has 0 saturated carbocycles. The lowest BCUT2D eigenvalue weighted by Gasteiger charge is -1.97. The summed E-state index contributed by atoms with van der Waals surface area (Å²) < 4.78 is 4.65. The van der Waals surface area contributed by atoms with E-state index in [4.69, 9.17) is 5.11 Å². The minimum atomic E-state index is -1.09. The van der Waals surface area contributed by atoms with Gasteiger partial charge in [-0.2, -0.15) is 0 Å². The van der Waals surface area contributed by atoms with E-state index >= 15 is 0 Å². The van der Waals surface area contributed by atoms with Gasteiger partial charge in [0.1, 0.15) is 5.56 Å². The van der Waals surface area contributed by atoms with Crippen LogP contribution in [-0.2, 0) is 4.79 Å². The lowest BCUT2D eigenvalue weighted by Crippen LogP contribution is -2.04. The van der Waals surface area contributed by atoms with Crippen LogP contribution in [0.15, 0.2) is 11.4 Å². The van der Waals surface area contributed by atoms with Gasteiger partial charge in [-0.15, -0.1) is 11.3 Å².